The molecule has 1 saturated heterocycles. The van der Waals surface area contributed by atoms with Crippen molar-refractivity contribution in [1.29, 1.82) is 0 Å². The van der Waals surface area contributed by atoms with Gasteiger partial charge < -0.3 is 15.0 Å². The Kier molecular flexibility index (Phi) is 6.83. The Bertz CT molecular complexity index is 1300. The third-order valence-electron chi connectivity index (χ3n) is 5.88. The van der Waals surface area contributed by atoms with Crippen molar-refractivity contribution in [2.45, 2.75) is 38.3 Å². The van der Waals surface area contributed by atoms with Crippen LogP contribution in [0.15, 0.2) is 30.7 Å². The molecule has 1 N–H and O–H groups in total. The van der Waals surface area contributed by atoms with Crippen LogP contribution in [0.1, 0.15) is 28.7 Å². The number of pyridine rings is 1. The van der Waals surface area contributed by atoms with E-state index in [9.17, 15) is 31.1 Å². The fourth-order valence-corrected chi connectivity index (χ4v) is 3.97. The maximum Gasteiger partial charge on any atom is 0.416 e. The van der Waals surface area contributed by atoms with Crippen molar-refractivity contribution < 1.29 is 35.9 Å². The molecule has 0 unspecified atom stereocenters. The standard InChI is InChI=1S/C22H21F6N7O2/c1-11-17(19-31-7-14(23)8-32-19)18(33-34(11)3)20(36)35-10-21(24,25)37-12(2)15(35)9-30-16-6-13(4-5-29-16)22(26,27)28/h4-8,12,15H,9-10H2,1-3H3,(H,29,30)/t12-,15+/m0/s1. The van der Waals surface area contributed by atoms with Gasteiger partial charge in [-0.2, -0.15) is 27.1 Å². The van der Waals surface area contributed by atoms with E-state index < -0.39 is 48.3 Å². The van der Waals surface area contributed by atoms with Gasteiger partial charge in [-0.25, -0.2) is 19.3 Å². The van der Waals surface area contributed by atoms with Crippen molar-refractivity contribution in [1.82, 2.24) is 29.6 Å². The van der Waals surface area contributed by atoms with Gasteiger partial charge in [-0.3, -0.25) is 9.48 Å². The molecule has 0 spiro atoms. The number of hydrogen-bond acceptors (Lipinski definition) is 7. The van der Waals surface area contributed by atoms with E-state index in [1.54, 1.807) is 6.92 Å². The molecule has 1 aliphatic rings. The fourth-order valence-electron chi connectivity index (χ4n) is 3.97. The van der Waals surface area contributed by atoms with E-state index in [2.05, 4.69) is 25.4 Å². The predicted octanol–water partition coefficient (Wildman–Crippen LogP) is 3.67. The van der Waals surface area contributed by atoms with Crippen LogP contribution in [0, 0.1) is 12.7 Å². The van der Waals surface area contributed by atoms with E-state index in [4.69, 9.17) is 4.74 Å². The van der Waals surface area contributed by atoms with Crippen LogP contribution >= 0.6 is 0 Å². The number of rotatable bonds is 5. The van der Waals surface area contributed by atoms with Crippen molar-refractivity contribution in [2.75, 3.05) is 18.4 Å². The molecule has 1 amide bonds. The molecule has 1 aliphatic heterocycles. The van der Waals surface area contributed by atoms with Gasteiger partial charge in [0.25, 0.3) is 5.91 Å². The Morgan fingerprint density at radius 2 is 1.92 bits per heavy atom. The highest BCUT2D eigenvalue weighted by molar-refractivity contribution is 5.99. The number of carbonyl (C=O) groups is 1. The average molecular weight is 529 g/mol. The normalized spacial score (nSPS) is 19.6. The third-order valence-corrected chi connectivity index (χ3v) is 5.88. The van der Waals surface area contributed by atoms with Gasteiger partial charge in [0.1, 0.15) is 12.4 Å². The zero-order chi connectivity index (χ0) is 27.1. The van der Waals surface area contributed by atoms with Crippen LogP contribution in [0.25, 0.3) is 11.4 Å². The lowest BCUT2D eigenvalue weighted by Gasteiger charge is -2.43. The topological polar surface area (TPSA) is 98.1 Å². The molecule has 1 fully saturated rings. The van der Waals surface area contributed by atoms with Crippen LogP contribution < -0.4 is 5.32 Å². The number of anilines is 1. The summed E-state index contributed by atoms with van der Waals surface area (Å²) in [6, 6.07) is 0.505. The SMILES string of the molecule is Cc1c(-c2ncc(F)cn2)c(C(=O)N2CC(F)(F)O[C@@H](C)[C@H]2CNc2cc(C(F)(F)F)ccn2)nn1C. The zero-order valence-corrected chi connectivity index (χ0v) is 19.7. The lowest BCUT2D eigenvalue weighted by atomic mass is 10.1. The van der Waals surface area contributed by atoms with Crippen LogP contribution in [0.3, 0.4) is 0 Å². The number of halogens is 6. The number of carbonyl (C=O) groups excluding carboxylic acids is 1. The quantitative estimate of drug-likeness (QED) is 0.504. The zero-order valence-electron chi connectivity index (χ0n) is 19.7. The predicted molar refractivity (Wildman–Crippen MR) is 117 cm³/mol. The molecule has 198 valence electrons. The van der Waals surface area contributed by atoms with Crippen LogP contribution in [0.4, 0.5) is 32.2 Å². The first-order chi connectivity index (χ1) is 17.3. The van der Waals surface area contributed by atoms with Crippen molar-refractivity contribution in [3.8, 4) is 11.4 Å². The van der Waals surface area contributed by atoms with E-state index in [-0.39, 0.29) is 29.4 Å². The second kappa shape index (κ2) is 9.61. The van der Waals surface area contributed by atoms with E-state index >= 15 is 0 Å². The minimum absolute atomic E-state index is 0.0359. The summed E-state index contributed by atoms with van der Waals surface area (Å²) in [5.41, 5.74) is -0.656. The van der Waals surface area contributed by atoms with E-state index in [0.717, 1.165) is 35.6 Å². The summed E-state index contributed by atoms with van der Waals surface area (Å²) in [5, 5.41) is 6.82. The first kappa shape index (κ1) is 26.3. The number of ether oxygens (including phenoxy) is 1. The maximum atomic E-state index is 14.4. The molecule has 0 aromatic carbocycles. The van der Waals surface area contributed by atoms with Gasteiger partial charge in [0, 0.05) is 25.5 Å². The Hall–Kier alpha value is -3.75. The van der Waals surface area contributed by atoms with Gasteiger partial charge in [0.2, 0.25) is 0 Å². The largest absolute Gasteiger partial charge is 0.416 e. The molecular formula is C22H21F6N7O2. The summed E-state index contributed by atoms with van der Waals surface area (Å²) in [5.74, 6) is -1.83. The third kappa shape index (κ3) is 5.50. The molecule has 0 saturated carbocycles. The van der Waals surface area contributed by atoms with Crippen molar-refractivity contribution in [3.63, 3.8) is 0 Å². The van der Waals surface area contributed by atoms with Crippen molar-refractivity contribution in [3.05, 3.63) is 53.5 Å². The summed E-state index contributed by atoms with van der Waals surface area (Å²) in [4.78, 5) is 26.0. The highest BCUT2D eigenvalue weighted by atomic mass is 19.4. The molecule has 4 rings (SSSR count). The van der Waals surface area contributed by atoms with Crippen molar-refractivity contribution in [2.24, 2.45) is 7.05 Å². The Balaban J connectivity index is 1.67. The Morgan fingerprint density at radius 3 is 2.57 bits per heavy atom. The average Bonchev–Trinajstić information content (AvgIpc) is 3.11. The van der Waals surface area contributed by atoms with E-state index in [0.29, 0.717) is 5.69 Å². The van der Waals surface area contributed by atoms with Gasteiger partial charge in [-0.15, -0.1) is 0 Å². The fraction of sp³-hybridized carbons (Fsp3) is 0.409. The van der Waals surface area contributed by atoms with Gasteiger partial charge in [0.15, 0.2) is 17.3 Å². The summed E-state index contributed by atoms with van der Waals surface area (Å²) in [6.45, 7) is 1.51. The number of aromatic nitrogens is 5. The summed E-state index contributed by atoms with van der Waals surface area (Å²) >= 11 is 0. The molecule has 0 aliphatic carbocycles. The number of nitrogens with one attached hydrogen (secondary N) is 1. The lowest BCUT2D eigenvalue weighted by molar-refractivity contribution is -0.298. The van der Waals surface area contributed by atoms with Gasteiger partial charge in [-0.05, 0) is 26.0 Å². The van der Waals surface area contributed by atoms with Gasteiger partial charge >= 0.3 is 12.3 Å². The monoisotopic (exact) mass is 529 g/mol. The second-order valence-corrected chi connectivity index (χ2v) is 8.43. The number of aryl methyl sites for hydroxylation is 1. The molecule has 0 radical (unpaired) electrons. The molecule has 2 atom stereocenters. The summed E-state index contributed by atoms with van der Waals surface area (Å²) < 4.78 is 87.4. The molecule has 0 bridgehead atoms. The minimum atomic E-state index is -4.61. The molecule has 15 heteroatoms. The van der Waals surface area contributed by atoms with E-state index in [1.807, 2.05) is 0 Å². The first-order valence-electron chi connectivity index (χ1n) is 10.9. The number of morpholine rings is 1. The molecule has 4 heterocycles. The lowest BCUT2D eigenvalue weighted by Crippen LogP contribution is -2.61. The smallest absolute Gasteiger partial charge is 0.368 e. The van der Waals surface area contributed by atoms with Crippen LogP contribution in [0.5, 0.6) is 0 Å². The Labute approximate surface area is 206 Å². The van der Waals surface area contributed by atoms with Gasteiger partial charge in [-0.1, -0.05) is 0 Å². The number of nitrogens with zero attached hydrogens (tertiary/aromatic N) is 6. The van der Waals surface area contributed by atoms with E-state index in [1.165, 1.54) is 18.7 Å². The van der Waals surface area contributed by atoms with Crippen LogP contribution in [-0.4, -0.2) is 66.9 Å². The Morgan fingerprint density at radius 1 is 1.24 bits per heavy atom. The highest BCUT2D eigenvalue weighted by Crippen LogP contribution is 2.33. The van der Waals surface area contributed by atoms with Gasteiger partial charge in [0.05, 0.1) is 35.7 Å². The number of hydrogen-bond donors (Lipinski definition) is 1. The van der Waals surface area contributed by atoms with Crippen LogP contribution in [0.2, 0.25) is 0 Å². The second-order valence-electron chi connectivity index (χ2n) is 8.43. The maximum absolute atomic E-state index is 14.4. The number of alkyl halides is 5. The summed E-state index contributed by atoms with van der Waals surface area (Å²) in [6.07, 6.45) is -6.79. The van der Waals surface area contributed by atoms with Crippen molar-refractivity contribution >= 4 is 11.7 Å². The minimum Gasteiger partial charge on any atom is -0.368 e. The molecule has 37 heavy (non-hydrogen) atoms. The molecular weight excluding hydrogens is 508 g/mol. The molecule has 3 aromatic rings. The number of amides is 1. The first-order valence-corrected chi connectivity index (χ1v) is 10.9. The molecule has 9 nitrogen and oxygen atoms in total. The molecule has 3 aromatic heterocycles. The van der Waals surface area contributed by atoms with Crippen LogP contribution in [-0.2, 0) is 18.0 Å². The highest BCUT2D eigenvalue weighted by Gasteiger charge is 2.48. The summed E-state index contributed by atoms with van der Waals surface area (Å²) in [7, 11) is 1.52.